The molecule has 128 valence electrons. The summed E-state index contributed by atoms with van der Waals surface area (Å²) in [4.78, 5) is 17.8. The van der Waals surface area contributed by atoms with Crippen LogP contribution in [0.3, 0.4) is 0 Å². The van der Waals surface area contributed by atoms with Crippen molar-refractivity contribution in [3.05, 3.63) is 30.3 Å². The number of carbonyl (C=O) groups excluding carboxylic acids is 1. The molecular formula is C17H28N4OS. The monoisotopic (exact) mass is 336 g/mol. The van der Waals surface area contributed by atoms with E-state index in [4.69, 9.17) is 0 Å². The van der Waals surface area contributed by atoms with Gasteiger partial charge in [-0.15, -0.1) is 11.8 Å². The van der Waals surface area contributed by atoms with E-state index in [2.05, 4.69) is 53.6 Å². The maximum atomic E-state index is 12.0. The van der Waals surface area contributed by atoms with E-state index in [0.29, 0.717) is 24.4 Å². The number of amides is 2. The number of hydrogen-bond donors (Lipinski definition) is 2. The maximum absolute atomic E-state index is 12.0. The van der Waals surface area contributed by atoms with E-state index in [1.807, 2.05) is 18.2 Å². The van der Waals surface area contributed by atoms with Gasteiger partial charge in [-0.1, -0.05) is 25.1 Å². The molecule has 0 aromatic heterocycles. The molecule has 6 heteroatoms. The Morgan fingerprint density at radius 3 is 2.74 bits per heavy atom. The molecule has 0 radical (unpaired) electrons. The fraction of sp³-hybridized carbons (Fsp3) is 0.588. The van der Waals surface area contributed by atoms with Crippen LogP contribution in [0.5, 0.6) is 0 Å². The number of thioether (sulfide) groups is 1. The van der Waals surface area contributed by atoms with E-state index >= 15 is 0 Å². The lowest BCUT2D eigenvalue weighted by atomic mass is 10.2. The summed E-state index contributed by atoms with van der Waals surface area (Å²) in [5.74, 6) is 0. The zero-order chi connectivity index (χ0) is 16.7. The molecule has 1 heterocycles. The molecule has 23 heavy (non-hydrogen) atoms. The molecule has 0 saturated carbocycles. The molecule has 1 aliphatic heterocycles. The van der Waals surface area contributed by atoms with E-state index in [1.54, 1.807) is 11.8 Å². The number of piperazine rings is 1. The maximum Gasteiger partial charge on any atom is 0.314 e. The largest absolute Gasteiger partial charge is 0.337 e. The van der Waals surface area contributed by atoms with Crippen molar-refractivity contribution in [3.63, 3.8) is 0 Å². The molecule has 1 fully saturated rings. The second-order valence-electron chi connectivity index (χ2n) is 6.23. The summed E-state index contributed by atoms with van der Waals surface area (Å²) >= 11 is 1.77. The lowest BCUT2D eigenvalue weighted by molar-refractivity contribution is 0.114. The molecule has 0 bridgehead atoms. The van der Waals surface area contributed by atoms with Crippen molar-refractivity contribution in [2.24, 2.45) is 0 Å². The molecule has 2 unspecified atom stereocenters. The summed E-state index contributed by atoms with van der Waals surface area (Å²) in [6.07, 6.45) is 0. The standard InChI is InChI=1S/C17H28N4OS/c1-14(23-16-7-5-4-6-8-16)11-18-17(22)19-12-15-13-20(2)9-10-21(15)3/h4-8,14-15H,9-13H2,1-3H3,(H2,18,19,22). The molecular weight excluding hydrogens is 308 g/mol. The van der Waals surface area contributed by atoms with Gasteiger partial charge in [0.05, 0.1) is 0 Å². The van der Waals surface area contributed by atoms with Crippen LogP contribution in [0.25, 0.3) is 0 Å². The van der Waals surface area contributed by atoms with Gasteiger partial charge in [0.2, 0.25) is 0 Å². The summed E-state index contributed by atoms with van der Waals surface area (Å²) in [6.45, 7) is 6.61. The topological polar surface area (TPSA) is 47.6 Å². The highest BCUT2D eigenvalue weighted by Gasteiger charge is 2.22. The van der Waals surface area contributed by atoms with E-state index < -0.39 is 0 Å². The molecule has 2 rings (SSSR count). The Bertz CT molecular complexity index is 485. The summed E-state index contributed by atoms with van der Waals surface area (Å²) < 4.78 is 0. The van der Waals surface area contributed by atoms with Gasteiger partial charge >= 0.3 is 6.03 Å². The Morgan fingerprint density at radius 1 is 1.26 bits per heavy atom. The van der Waals surface area contributed by atoms with Gasteiger partial charge in [-0.3, -0.25) is 4.90 Å². The predicted octanol–water partition coefficient (Wildman–Crippen LogP) is 1.71. The minimum atomic E-state index is -0.0767. The van der Waals surface area contributed by atoms with Gasteiger partial charge in [0.15, 0.2) is 0 Å². The molecule has 0 spiro atoms. The quantitative estimate of drug-likeness (QED) is 0.777. The van der Waals surface area contributed by atoms with Crippen LogP contribution in [0.2, 0.25) is 0 Å². The third-order valence-electron chi connectivity index (χ3n) is 4.11. The number of carbonyl (C=O) groups is 1. The summed E-state index contributed by atoms with van der Waals surface area (Å²) in [6, 6.07) is 10.6. The number of benzene rings is 1. The molecule has 5 nitrogen and oxygen atoms in total. The highest BCUT2D eigenvalue weighted by molar-refractivity contribution is 8.00. The smallest absolute Gasteiger partial charge is 0.314 e. The summed E-state index contributed by atoms with van der Waals surface area (Å²) in [7, 11) is 4.25. The number of urea groups is 1. The lowest BCUT2D eigenvalue weighted by Gasteiger charge is -2.37. The van der Waals surface area contributed by atoms with Crippen molar-refractivity contribution in [1.29, 1.82) is 0 Å². The van der Waals surface area contributed by atoms with Gasteiger partial charge in [0.25, 0.3) is 0 Å². The van der Waals surface area contributed by atoms with Crippen LogP contribution < -0.4 is 10.6 Å². The van der Waals surface area contributed by atoms with Crippen molar-refractivity contribution in [3.8, 4) is 0 Å². The first kappa shape index (κ1) is 18.1. The predicted molar refractivity (Wildman–Crippen MR) is 97.1 cm³/mol. The minimum Gasteiger partial charge on any atom is -0.337 e. The first-order chi connectivity index (χ1) is 11.0. The molecule has 1 aliphatic rings. The van der Waals surface area contributed by atoms with Gasteiger partial charge in [0.1, 0.15) is 0 Å². The Kier molecular flexibility index (Phi) is 7.20. The van der Waals surface area contributed by atoms with Crippen LogP contribution in [0.4, 0.5) is 4.79 Å². The third kappa shape index (κ3) is 6.41. The van der Waals surface area contributed by atoms with E-state index in [0.717, 1.165) is 19.6 Å². The third-order valence-corrected chi connectivity index (χ3v) is 5.22. The van der Waals surface area contributed by atoms with Crippen molar-refractivity contribution < 1.29 is 4.79 Å². The number of hydrogen-bond acceptors (Lipinski definition) is 4. The highest BCUT2D eigenvalue weighted by Crippen LogP contribution is 2.21. The Balaban J connectivity index is 1.64. The zero-order valence-corrected chi connectivity index (χ0v) is 15.1. The fourth-order valence-electron chi connectivity index (χ4n) is 2.60. The van der Waals surface area contributed by atoms with Crippen LogP contribution in [-0.2, 0) is 0 Å². The van der Waals surface area contributed by atoms with E-state index in [9.17, 15) is 4.79 Å². The van der Waals surface area contributed by atoms with Crippen molar-refractivity contribution in [2.75, 3.05) is 46.8 Å². The van der Waals surface area contributed by atoms with Crippen molar-refractivity contribution in [2.45, 2.75) is 23.1 Å². The molecule has 1 aromatic carbocycles. The molecule has 1 aromatic rings. The Labute approximate surface area is 143 Å². The van der Waals surface area contributed by atoms with Crippen LogP contribution in [-0.4, -0.2) is 73.9 Å². The SMILES string of the molecule is CC(CNC(=O)NCC1CN(C)CCN1C)Sc1ccccc1. The number of rotatable bonds is 6. The molecule has 2 amide bonds. The van der Waals surface area contributed by atoms with Crippen LogP contribution >= 0.6 is 11.8 Å². The second kappa shape index (κ2) is 9.15. The van der Waals surface area contributed by atoms with Crippen LogP contribution in [0, 0.1) is 0 Å². The van der Waals surface area contributed by atoms with Gasteiger partial charge in [-0.25, -0.2) is 4.79 Å². The number of nitrogens with one attached hydrogen (secondary N) is 2. The normalized spacial score (nSPS) is 20.9. The van der Waals surface area contributed by atoms with Gasteiger partial charge < -0.3 is 15.5 Å². The van der Waals surface area contributed by atoms with Gasteiger partial charge in [-0.05, 0) is 26.2 Å². The summed E-state index contributed by atoms with van der Waals surface area (Å²) in [5, 5.41) is 6.30. The van der Waals surface area contributed by atoms with Crippen molar-refractivity contribution in [1.82, 2.24) is 20.4 Å². The van der Waals surface area contributed by atoms with Gasteiger partial charge in [0, 0.05) is 48.9 Å². The van der Waals surface area contributed by atoms with E-state index in [1.165, 1.54) is 4.90 Å². The highest BCUT2D eigenvalue weighted by atomic mass is 32.2. The molecule has 0 aliphatic carbocycles. The average Bonchev–Trinajstić information content (AvgIpc) is 2.54. The molecule has 1 saturated heterocycles. The molecule has 2 N–H and O–H groups in total. The van der Waals surface area contributed by atoms with Gasteiger partial charge in [-0.2, -0.15) is 0 Å². The number of nitrogens with zero attached hydrogens (tertiary/aromatic N) is 2. The van der Waals surface area contributed by atoms with Crippen LogP contribution in [0.1, 0.15) is 6.92 Å². The molecule has 2 atom stereocenters. The Morgan fingerprint density at radius 2 is 2.00 bits per heavy atom. The second-order valence-corrected chi connectivity index (χ2v) is 7.74. The Hall–Kier alpha value is -1.24. The number of likely N-dealkylation sites (N-methyl/N-ethyl adjacent to an activating group) is 2. The lowest BCUT2D eigenvalue weighted by Crippen LogP contribution is -2.55. The zero-order valence-electron chi connectivity index (χ0n) is 14.3. The minimum absolute atomic E-state index is 0.0767. The summed E-state index contributed by atoms with van der Waals surface area (Å²) in [5.41, 5.74) is 0. The fourth-order valence-corrected chi connectivity index (χ4v) is 3.55. The first-order valence-electron chi connectivity index (χ1n) is 8.17. The van der Waals surface area contributed by atoms with E-state index in [-0.39, 0.29) is 6.03 Å². The first-order valence-corrected chi connectivity index (χ1v) is 9.04. The van der Waals surface area contributed by atoms with Crippen molar-refractivity contribution >= 4 is 17.8 Å². The average molecular weight is 337 g/mol. The van der Waals surface area contributed by atoms with Crippen LogP contribution in [0.15, 0.2) is 35.2 Å².